The van der Waals surface area contributed by atoms with Crippen molar-refractivity contribution in [3.63, 3.8) is 0 Å². The quantitative estimate of drug-likeness (QED) is 0.645. The van der Waals surface area contributed by atoms with E-state index in [4.69, 9.17) is 9.84 Å². The lowest BCUT2D eigenvalue weighted by molar-refractivity contribution is -0.142. The summed E-state index contributed by atoms with van der Waals surface area (Å²) in [5, 5.41) is 8.96. The Balaban J connectivity index is 2.56. The minimum atomic E-state index is -0.243. The van der Waals surface area contributed by atoms with E-state index in [0.29, 0.717) is 13.1 Å². The van der Waals surface area contributed by atoms with E-state index in [2.05, 4.69) is 0 Å². The zero-order chi connectivity index (χ0) is 10.6. The Morgan fingerprint density at radius 1 is 1.64 bits per heavy atom. The second-order valence-corrected chi connectivity index (χ2v) is 3.49. The van der Waals surface area contributed by atoms with Crippen molar-refractivity contribution in [2.24, 2.45) is 0 Å². The molecule has 1 aliphatic rings. The normalized spacial score (nSPS) is 28.4. The summed E-state index contributed by atoms with van der Waals surface area (Å²) in [6.45, 7) is 4.75. The lowest BCUT2D eigenvalue weighted by atomic mass is 10.2. The van der Waals surface area contributed by atoms with Gasteiger partial charge < -0.3 is 14.7 Å². The van der Waals surface area contributed by atoms with Gasteiger partial charge in [0.05, 0.1) is 18.8 Å². The number of aliphatic hydroxyl groups excluding tert-OH is 1. The van der Waals surface area contributed by atoms with E-state index in [9.17, 15) is 4.79 Å². The van der Waals surface area contributed by atoms with Gasteiger partial charge >= 0.3 is 0 Å². The van der Waals surface area contributed by atoms with Crippen LogP contribution in [0.3, 0.4) is 0 Å². The number of allylic oxidation sites excluding steroid dienone is 1. The van der Waals surface area contributed by atoms with Crippen LogP contribution in [0.4, 0.5) is 0 Å². The number of aliphatic hydroxyl groups is 1. The molecule has 0 radical (unpaired) electrons. The highest BCUT2D eigenvalue weighted by atomic mass is 16.5. The summed E-state index contributed by atoms with van der Waals surface area (Å²) in [5.41, 5.74) is 0. The fourth-order valence-corrected chi connectivity index (χ4v) is 1.57. The molecule has 1 N–H and O–H groups in total. The standard InChI is InChI=1S/C10H17NO3/c1-3-4-10(13)11-5-8(2)14-9(6-11)7-12/h3-4,8-9,12H,5-7H2,1-2H3/b4-3+. The summed E-state index contributed by atoms with van der Waals surface area (Å²) >= 11 is 0. The molecule has 80 valence electrons. The number of carbonyl (C=O) groups excluding carboxylic acids is 1. The van der Waals surface area contributed by atoms with Crippen molar-refractivity contribution in [2.45, 2.75) is 26.1 Å². The van der Waals surface area contributed by atoms with Crippen molar-refractivity contribution in [1.82, 2.24) is 4.90 Å². The first-order valence-corrected chi connectivity index (χ1v) is 4.85. The molecule has 1 aliphatic heterocycles. The van der Waals surface area contributed by atoms with Crippen molar-refractivity contribution in [1.29, 1.82) is 0 Å². The molecular formula is C10H17NO3. The highest BCUT2D eigenvalue weighted by Gasteiger charge is 2.26. The van der Waals surface area contributed by atoms with Gasteiger partial charge in [0, 0.05) is 13.1 Å². The van der Waals surface area contributed by atoms with Gasteiger partial charge in [-0.25, -0.2) is 0 Å². The van der Waals surface area contributed by atoms with E-state index in [1.165, 1.54) is 6.08 Å². The maximum absolute atomic E-state index is 11.5. The number of hydrogen-bond acceptors (Lipinski definition) is 3. The number of rotatable bonds is 2. The fraction of sp³-hybridized carbons (Fsp3) is 0.700. The van der Waals surface area contributed by atoms with Crippen LogP contribution in [0.2, 0.25) is 0 Å². The highest BCUT2D eigenvalue weighted by Crippen LogP contribution is 2.11. The number of ether oxygens (including phenoxy) is 1. The Morgan fingerprint density at radius 2 is 2.36 bits per heavy atom. The molecule has 1 amide bonds. The molecule has 0 bridgehead atoms. The van der Waals surface area contributed by atoms with Gasteiger partial charge in [-0.3, -0.25) is 4.79 Å². The van der Waals surface area contributed by atoms with Gasteiger partial charge in [-0.05, 0) is 19.9 Å². The Hall–Kier alpha value is -0.870. The Labute approximate surface area is 84.2 Å². The molecule has 1 rings (SSSR count). The van der Waals surface area contributed by atoms with Gasteiger partial charge in [0.15, 0.2) is 0 Å². The Morgan fingerprint density at radius 3 is 2.93 bits per heavy atom. The van der Waals surface area contributed by atoms with Gasteiger partial charge in [0.2, 0.25) is 5.91 Å². The number of hydrogen-bond donors (Lipinski definition) is 1. The van der Waals surface area contributed by atoms with Crippen LogP contribution in [0.25, 0.3) is 0 Å². The van der Waals surface area contributed by atoms with Crippen LogP contribution in [0.1, 0.15) is 13.8 Å². The van der Waals surface area contributed by atoms with E-state index in [0.717, 1.165) is 0 Å². The zero-order valence-electron chi connectivity index (χ0n) is 8.64. The molecule has 0 aliphatic carbocycles. The Kier molecular flexibility index (Phi) is 4.10. The number of morpholine rings is 1. The maximum Gasteiger partial charge on any atom is 0.246 e. The maximum atomic E-state index is 11.5. The molecule has 4 heteroatoms. The highest BCUT2D eigenvalue weighted by molar-refractivity contribution is 5.87. The number of carbonyl (C=O) groups is 1. The molecule has 4 nitrogen and oxygen atoms in total. The van der Waals surface area contributed by atoms with Crippen molar-refractivity contribution < 1.29 is 14.6 Å². The van der Waals surface area contributed by atoms with Crippen LogP contribution in [-0.4, -0.2) is 47.8 Å². The molecule has 0 aromatic rings. The number of amides is 1. The predicted molar refractivity (Wildman–Crippen MR) is 52.8 cm³/mol. The Bertz CT molecular complexity index is 227. The summed E-state index contributed by atoms with van der Waals surface area (Å²) in [7, 11) is 0. The second-order valence-electron chi connectivity index (χ2n) is 3.49. The van der Waals surface area contributed by atoms with Gasteiger partial charge in [0.25, 0.3) is 0 Å². The van der Waals surface area contributed by atoms with Crippen molar-refractivity contribution in [2.75, 3.05) is 19.7 Å². The van der Waals surface area contributed by atoms with E-state index >= 15 is 0 Å². The summed E-state index contributed by atoms with van der Waals surface area (Å²) in [5.74, 6) is -0.0129. The first-order chi connectivity index (χ1) is 6.67. The average Bonchev–Trinajstić information content (AvgIpc) is 2.17. The molecule has 0 saturated carbocycles. The fourth-order valence-electron chi connectivity index (χ4n) is 1.57. The van der Waals surface area contributed by atoms with E-state index in [1.807, 2.05) is 13.8 Å². The monoisotopic (exact) mass is 199 g/mol. The first kappa shape index (κ1) is 11.2. The van der Waals surface area contributed by atoms with Crippen LogP contribution in [0.5, 0.6) is 0 Å². The van der Waals surface area contributed by atoms with Crippen molar-refractivity contribution >= 4 is 5.91 Å². The van der Waals surface area contributed by atoms with Crippen LogP contribution >= 0.6 is 0 Å². The third-order valence-electron chi connectivity index (χ3n) is 2.15. The predicted octanol–water partition coefficient (Wildman–Crippen LogP) is 0.171. The molecule has 1 heterocycles. The molecule has 0 spiro atoms. The zero-order valence-corrected chi connectivity index (χ0v) is 8.64. The lowest BCUT2D eigenvalue weighted by Crippen LogP contribution is -2.49. The molecule has 0 aromatic heterocycles. The molecular weight excluding hydrogens is 182 g/mol. The molecule has 1 saturated heterocycles. The van der Waals surface area contributed by atoms with Crippen LogP contribution in [-0.2, 0) is 9.53 Å². The smallest absolute Gasteiger partial charge is 0.246 e. The van der Waals surface area contributed by atoms with Crippen molar-refractivity contribution in [3.05, 3.63) is 12.2 Å². The molecule has 2 unspecified atom stereocenters. The van der Waals surface area contributed by atoms with E-state index in [-0.39, 0.29) is 24.7 Å². The van der Waals surface area contributed by atoms with Crippen molar-refractivity contribution in [3.8, 4) is 0 Å². The van der Waals surface area contributed by atoms with E-state index < -0.39 is 0 Å². The van der Waals surface area contributed by atoms with Gasteiger partial charge in [-0.1, -0.05) is 6.08 Å². The second kappa shape index (κ2) is 5.12. The summed E-state index contributed by atoms with van der Waals surface area (Å²) < 4.78 is 5.43. The van der Waals surface area contributed by atoms with Crippen LogP contribution in [0.15, 0.2) is 12.2 Å². The molecule has 14 heavy (non-hydrogen) atoms. The minimum absolute atomic E-state index is 0.00453. The third-order valence-corrected chi connectivity index (χ3v) is 2.15. The summed E-state index contributed by atoms with van der Waals surface area (Å²) in [4.78, 5) is 13.2. The molecule has 2 atom stereocenters. The third kappa shape index (κ3) is 2.82. The summed E-state index contributed by atoms with van der Waals surface area (Å²) in [6, 6.07) is 0. The SMILES string of the molecule is C/C=C/C(=O)N1CC(C)OC(CO)C1. The van der Waals surface area contributed by atoms with E-state index in [1.54, 1.807) is 11.0 Å². The minimum Gasteiger partial charge on any atom is -0.394 e. The largest absolute Gasteiger partial charge is 0.394 e. The number of nitrogens with zero attached hydrogens (tertiary/aromatic N) is 1. The van der Waals surface area contributed by atoms with Crippen LogP contribution in [0, 0.1) is 0 Å². The lowest BCUT2D eigenvalue weighted by Gasteiger charge is -2.35. The van der Waals surface area contributed by atoms with Gasteiger partial charge in [0.1, 0.15) is 0 Å². The summed E-state index contributed by atoms with van der Waals surface area (Å²) in [6.07, 6.45) is 3.01. The van der Waals surface area contributed by atoms with Crippen LogP contribution < -0.4 is 0 Å². The van der Waals surface area contributed by atoms with Gasteiger partial charge in [-0.2, -0.15) is 0 Å². The molecule has 0 aromatic carbocycles. The molecule has 1 fully saturated rings. The van der Waals surface area contributed by atoms with Gasteiger partial charge in [-0.15, -0.1) is 0 Å². The average molecular weight is 199 g/mol. The topological polar surface area (TPSA) is 49.8 Å². The first-order valence-electron chi connectivity index (χ1n) is 4.85.